The molecule has 3 rings (SSSR count). The van der Waals surface area contributed by atoms with Crippen LogP contribution in [0.15, 0.2) is 51.7 Å². The van der Waals surface area contributed by atoms with E-state index < -0.39 is 11.6 Å². The first-order valence-corrected chi connectivity index (χ1v) is 9.54. The standard InChI is InChI=1S/C24H26O5/c1-15-19-11-10-18(12-21(19)29-23(26)20(15)13-22(25)27-5)28-14-16-6-8-17(9-7-16)24(2,3)4/h6-12H,13-14H2,1-5H3. The summed E-state index contributed by atoms with van der Waals surface area (Å²) in [6, 6.07) is 13.7. The van der Waals surface area contributed by atoms with Crippen molar-refractivity contribution in [2.45, 2.75) is 46.1 Å². The van der Waals surface area contributed by atoms with E-state index in [9.17, 15) is 9.59 Å². The van der Waals surface area contributed by atoms with Crippen LogP contribution in [0.3, 0.4) is 0 Å². The molecule has 5 nitrogen and oxygen atoms in total. The number of carbonyl (C=O) groups is 1. The van der Waals surface area contributed by atoms with Crippen LogP contribution in [-0.2, 0) is 28.0 Å². The second-order valence-corrected chi connectivity index (χ2v) is 8.14. The van der Waals surface area contributed by atoms with Gasteiger partial charge in [-0.1, -0.05) is 45.0 Å². The van der Waals surface area contributed by atoms with Crippen LogP contribution in [-0.4, -0.2) is 13.1 Å². The summed E-state index contributed by atoms with van der Waals surface area (Å²) in [4.78, 5) is 23.8. The van der Waals surface area contributed by atoms with Gasteiger partial charge < -0.3 is 13.9 Å². The molecule has 1 heterocycles. The molecule has 5 heteroatoms. The normalized spacial score (nSPS) is 11.5. The number of esters is 1. The summed E-state index contributed by atoms with van der Waals surface area (Å²) in [5.74, 6) is 0.137. The molecule has 0 saturated heterocycles. The highest BCUT2D eigenvalue weighted by molar-refractivity contribution is 5.84. The van der Waals surface area contributed by atoms with Crippen LogP contribution in [0.1, 0.15) is 43.0 Å². The van der Waals surface area contributed by atoms with E-state index in [1.807, 2.05) is 12.1 Å². The fraction of sp³-hybridized carbons (Fsp3) is 0.333. The Hall–Kier alpha value is -3.08. The second kappa shape index (κ2) is 8.11. The SMILES string of the molecule is COC(=O)Cc1c(C)c2ccc(OCc3ccc(C(C)(C)C)cc3)cc2oc1=O. The van der Waals surface area contributed by atoms with Gasteiger partial charge in [-0.15, -0.1) is 0 Å². The first-order chi connectivity index (χ1) is 13.7. The highest BCUT2D eigenvalue weighted by Crippen LogP contribution is 2.26. The Morgan fingerprint density at radius 1 is 1.07 bits per heavy atom. The van der Waals surface area contributed by atoms with E-state index in [1.165, 1.54) is 12.7 Å². The van der Waals surface area contributed by atoms with Gasteiger partial charge in [-0.05, 0) is 41.2 Å². The molecule has 0 fully saturated rings. The summed E-state index contributed by atoms with van der Waals surface area (Å²) in [5.41, 5.74) is 3.37. The fourth-order valence-corrected chi connectivity index (χ4v) is 3.15. The molecule has 0 radical (unpaired) electrons. The van der Waals surface area contributed by atoms with Crippen molar-refractivity contribution >= 4 is 16.9 Å². The zero-order valence-electron chi connectivity index (χ0n) is 17.5. The van der Waals surface area contributed by atoms with Crippen molar-refractivity contribution in [3.63, 3.8) is 0 Å². The third-order valence-electron chi connectivity index (χ3n) is 5.03. The van der Waals surface area contributed by atoms with E-state index in [4.69, 9.17) is 9.15 Å². The molecule has 29 heavy (non-hydrogen) atoms. The van der Waals surface area contributed by atoms with Gasteiger partial charge in [-0.3, -0.25) is 4.79 Å². The van der Waals surface area contributed by atoms with Crippen molar-refractivity contribution in [2.24, 2.45) is 0 Å². The Labute approximate surface area is 170 Å². The molecule has 0 N–H and O–H groups in total. The lowest BCUT2D eigenvalue weighted by Gasteiger charge is -2.19. The van der Waals surface area contributed by atoms with Gasteiger partial charge in [0.05, 0.1) is 19.1 Å². The number of fused-ring (bicyclic) bond motifs is 1. The van der Waals surface area contributed by atoms with Crippen molar-refractivity contribution in [1.82, 2.24) is 0 Å². The van der Waals surface area contributed by atoms with Crippen LogP contribution in [0.25, 0.3) is 11.0 Å². The average molecular weight is 394 g/mol. The van der Waals surface area contributed by atoms with E-state index >= 15 is 0 Å². The van der Waals surface area contributed by atoms with Crippen LogP contribution < -0.4 is 10.4 Å². The molecule has 3 aromatic rings. The minimum Gasteiger partial charge on any atom is -0.489 e. The fourth-order valence-electron chi connectivity index (χ4n) is 3.15. The van der Waals surface area contributed by atoms with Crippen molar-refractivity contribution in [3.05, 3.63) is 75.1 Å². The Bertz CT molecular complexity index is 1090. The summed E-state index contributed by atoms with van der Waals surface area (Å²) < 4.78 is 16.0. The summed E-state index contributed by atoms with van der Waals surface area (Å²) in [5, 5.41) is 0.769. The molecule has 152 valence electrons. The van der Waals surface area contributed by atoms with Crippen LogP contribution in [0, 0.1) is 6.92 Å². The molecular formula is C24H26O5. The lowest BCUT2D eigenvalue weighted by atomic mass is 9.87. The van der Waals surface area contributed by atoms with E-state index in [2.05, 4.69) is 49.8 Å². The van der Waals surface area contributed by atoms with Crippen molar-refractivity contribution in [2.75, 3.05) is 7.11 Å². The number of hydrogen-bond acceptors (Lipinski definition) is 5. The number of ether oxygens (including phenoxy) is 2. The van der Waals surface area contributed by atoms with Gasteiger partial charge in [-0.2, -0.15) is 0 Å². The zero-order valence-corrected chi connectivity index (χ0v) is 17.5. The number of aryl methyl sites for hydroxylation is 1. The maximum Gasteiger partial charge on any atom is 0.340 e. The monoisotopic (exact) mass is 394 g/mol. The predicted octanol–water partition coefficient (Wildman–Crippen LogP) is 4.69. The average Bonchev–Trinajstić information content (AvgIpc) is 2.68. The van der Waals surface area contributed by atoms with E-state index in [-0.39, 0.29) is 11.8 Å². The molecule has 0 aliphatic heterocycles. The number of rotatable bonds is 5. The van der Waals surface area contributed by atoms with Gasteiger partial charge in [0, 0.05) is 11.5 Å². The Morgan fingerprint density at radius 2 is 1.76 bits per heavy atom. The number of carbonyl (C=O) groups excluding carboxylic acids is 1. The molecule has 0 bridgehead atoms. The number of hydrogen-bond donors (Lipinski definition) is 0. The van der Waals surface area contributed by atoms with E-state index in [1.54, 1.807) is 13.0 Å². The zero-order chi connectivity index (χ0) is 21.2. The molecule has 0 aliphatic rings. The number of benzene rings is 2. The Balaban J connectivity index is 1.80. The molecule has 0 unspecified atom stereocenters. The first kappa shape index (κ1) is 20.6. The smallest absolute Gasteiger partial charge is 0.340 e. The molecule has 0 spiro atoms. The van der Waals surface area contributed by atoms with Crippen molar-refractivity contribution in [1.29, 1.82) is 0 Å². The molecular weight excluding hydrogens is 368 g/mol. The minimum absolute atomic E-state index is 0.108. The predicted molar refractivity (Wildman–Crippen MR) is 112 cm³/mol. The van der Waals surface area contributed by atoms with Gasteiger partial charge in [-0.25, -0.2) is 4.79 Å². The molecule has 2 aromatic carbocycles. The number of methoxy groups -OCH3 is 1. The molecule has 0 aliphatic carbocycles. The van der Waals surface area contributed by atoms with Gasteiger partial charge >= 0.3 is 11.6 Å². The lowest BCUT2D eigenvalue weighted by molar-refractivity contribution is -0.139. The summed E-state index contributed by atoms with van der Waals surface area (Å²) in [6.45, 7) is 8.76. The van der Waals surface area contributed by atoms with Crippen molar-refractivity contribution < 1.29 is 18.7 Å². The van der Waals surface area contributed by atoms with Gasteiger partial charge in [0.25, 0.3) is 0 Å². The third-order valence-corrected chi connectivity index (χ3v) is 5.03. The van der Waals surface area contributed by atoms with Gasteiger partial charge in [0.15, 0.2) is 0 Å². The molecule has 0 atom stereocenters. The third kappa shape index (κ3) is 4.67. The lowest BCUT2D eigenvalue weighted by Crippen LogP contribution is -2.16. The topological polar surface area (TPSA) is 65.7 Å². The Kier molecular flexibility index (Phi) is 5.78. The molecule has 0 amide bonds. The maximum absolute atomic E-state index is 12.3. The van der Waals surface area contributed by atoms with Gasteiger partial charge in [0.1, 0.15) is 17.9 Å². The quantitative estimate of drug-likeness (QED) is 0.464. The van der Waals surface area contributed by atoms with Crippen LogP contribution >= 0.6 is 0 Å². The summed E-state index contributed by atoms with van der Waals surface area (Å²) in [7, 11) is 1.29. The van der Waals surface area contributed by atoms with E-state index in [0.29, 0.717) is 29.1 Å². The van der Waals surface area contributed by atoms with Crippen LogP contribution in [0.5, 0.6) is 5.75 Å². The largest absolute Gasteiger partial charge is 0.489 e. The second-order valence-electron chi connectivity index (χ2n) is 8.14. The highest BCUT2D eigenvalue weighted by Gasteiger charge is 2.16. The van der Waals surface area contributed by atoms with Crippen LogP contribution in [0.2, 0.25) is 0 Å². The minimum atomic E-state index is -0.532. The maximum atomic E-state index is 12.3. The summed E-state index contributed by atoms with van der Waals surface area (Å²) in [6.07, 6.45) is -0.108. The van der Waals surface area contributed by atoms with E-state index in [0.717, 1.165) is 10.9 Å². The summed E-state index contributed by atoms with van der Waals surface area (Å²) >= 11 is 0. The van der Waals surface area contributed by atoms with Crippen molar-refractivity contribution in [3.8, 4) is 5.75 Å². The molecule has 0 saturated carbocycles. The Morgan fingerprint density at radius 3 is 2.38 bits per heavy atom. The van der Waals surface area contributed by atoms with Crippen LogP contribution in [0.4, 0.5) is 0 Å². The first-order valence-electron chi connectivity index (χ1n) is 9.54. The van der Waals surface area contributed by atoms with Gasteiger partial charge in [0.2, 0.25) is 0 Å². The molecule has 1 aromatic heterocycles. The highest BCUT2D eigenvalue weighted by atomic mass is 16.5.